The number of carbonyl (C=O) groups is 1. The van der Waals surface area contributed by atoms with Gasteiger partial charge in [0.05, 0.1) is 13.0 Å². The van der Waals surface area contributed by atoms with Crippen molar-refractivity contribution < 1.29 is 23.8 Å². The van der Waals surface area contributed by atoms with E-state index < -0.39 is 30.6 Å². The van der Waals surface area contributed by atoms with Gasteiger partial charge in [-0.2, -0.15) is 0 Å². The minimum Gasteiger partial charge on any atom is -0.481 e. The SMILES string of the molecule is O=C(O)Cc1cc(F)c(F)cc1CO. The molecule has 0 saturated carbocycles. The Hall–Kier alpha value is -1.49. The summed E-state index contributed by atoms with van der Waals surface area (Å²) < 4.78 is 25.3. The molecule has 0 atom stereocenters. The first-order chi connectivity index (χ1) is 6.54. The topological polar surface area (TPSA) is 57.5 Å². The van der Waals surface area contributed by atoms with Crippen LogP contribution in [-0.4, -0.2) is 16.2 Å². The molecule has 1 rings (SSSR count). The number of aliphatic hydroxyl groups is 1. The van der Waals surface area contributed by atoms with Crippen LogP contribution in [0.25, 0.3) is 0 Å². The maximum Gasteiger partial charge on any atom is 0.307 e. The lowest BCUT2D eigenvalue weighted by atomic mass is 10.0. The van der Waals surface area contributed by atoms with Crippen molar-refractivity contribution >= 4 is 5.97 Å². The van der Waals surface area contributed by atoms with Crippen molar-refractivity contribution in [2.24, 2.45) is 0 Å². The summed E-state index contributed by atoms with van der Waals surface area (Å²) in [5, 5.41) is 17.2. The quantitative estimate of drug-likeness (QED) is 0.771. The molecule has 0 aromatic heterocycles. The molecule has 0 aliphatic carbocycles. The number of carboxylic acid groups (broad SMARTS) is 1. The predicted octanol–water partition coefficient (Wildman–Crippen LogP) is 1.08. The second-order valence-corrected chi connectivity index (χ2v) is 2.76. The van der Waals surface area contributed by atoms with Crippen molar-refractivity contribution in [3.8, 4) is 0 Å². The van der Waals surface area contributed by atoms with E-state index in [9.17, 15) is 13.6 Å². The first kappa shape index (κ1) is 10.6. The third-order valence-corrected chi connectivity index (χ3v) is 1.75. The molecule has 3 nitrogen and oxygen atoms in total. The van der Waals surface area contributed by atoms with Crippen LogP contribution in [-0.2, 0) is 17.8 Å². The van der Waals surface area contributed by atoms with Gasteiger partial charge in [0.2, 0.25) is 0 Å². The summed E-state index contributed by atoms with van der Waals surface area (Å²) in [4.78, 5) is 10.3. The highest BCUT2D eigenvalue weighted by Gasteiger charge is 2.11. The second-order valence-electron chi connectivity index (χ2n) is 2.76. The van der Waals surface area contributed by atoms with Crippen LogP contribution in [0.15, 0.2) is 12.1 Å². The molecule has 14 heavy (non-hydrogen) atoms. The summed E-state index contributed by atoms with van der Waals surface area (Å²) in [5.41, 5.74) is 0.171. The van der Waals surface area contributed by atoms with Crippen molar-refractivity contribution in [3.05, 3.63) is 34.9 Å². The molecule has 0 bridgehead atoms. The number of halogens is 2. The molecule has 76 valence electrons. The molecule has 0 heterocycles. The van der Waals surface area contributed by atoms with E-state index in [1.54, 1.807) is 0 Å². The van der Waals surface area contributed by atoms with Crippen LogP contribution in [0.2, 0.25) is 0 Å². The first-order valence-corrected chi connectivity index (χ1v) is 3.84. The Morgan fingerprint density at radius 1 is 1.21 bits per heavy atom. The van der Waals surface area contributed by atoms with Crippen molar-refractivity contribution in [1.82, 2.24) is 0 Å². The Bertz CT molecular complexity index is 363. The molecule has 0 unspecified atom stereocenters. The Morgan fingerprint density at radius 2 is 1.71 bits per heavy atom. The Morgan fingerprint density at radius 3 is 2.14 bits per heavy atom. The van der Waals surface area contributed by atoms with Gasteiger partial charge in [-0.15, -0.1) is 0 Å². The van der Waals surface area contributed by atoms with Crippen molar-refractivity contribution in [3.63, 3.8) is 0 Å². The van der Waals surface area contributed by atoms with Crippen molar-refractivity contribution in [1.29, 1.82) is 0 Å². The number of benzene rings is 1. The number of rotatable bonds is 3. The van der Waals surface area contributed by atoms with Gasteiger partial charge in [-0.05, 0) is 23.3 Å². The lowest BCUT2D eigenvalue weighted by Gasteiger charge is -2.05. The summed E-state index contributed by atoms with van der Waals surface area (Å²) >= 11 is 0. The molecule has 0 fully saturated rings. The Balaban J connectivity index is 3.13. The molecule has 0 radical (unpaired) electrons. The normalized spacial score (nSPS) is 10.2. The van der Waals surface area contributed by atoms with E-state index in [4.69, 9.17) is 10.2 Å². The monoisotopic (exact) mass is 202 g/mol. The maximum absolute atomic E-state index is 12.7. The molecule has 0 saturated heterocycles. The van der Waals surface area contributed by atoms with E-state index in [1.807, 2.05) is 0 Å². The number of aliphatic hydroxyl groups excluding tert-OH is 1. The summed E-state index contributed by atoms with van der Waals surface area (Å²) in [5.74, 6) is -3.37. The number of aliphatic carboxylic acids is 1. The molecular formula is C9H8F2O3. The minimum atomic E-state index is -1.16. The van der Waals surface area contributed by atoms with E-state index in [1.165, 1.54) is 0 Å². The highest BCUT2D eigenvalue weighted by atomic mass is 19.2. The van der Waals surface area contributed by atoms with E-state index in [0.717, 1.165) is 12.1 Å². The van der Waals surface area contributed by atoms with E-state index in [0.29, 0.717) is 0 Å². The minimum absolute atomic E-state index is 0.0823. The van der Waals surface area contributed by atoms with Crippen molar-refractivity contribution in [2.45, 2.75) is 13.0 Å². The predicted molar refractivity (Wildman–Crippen MR) is 43.6 cm³/mol. The van der Waals surface area contributed by atoms with E-state index >= 15 is 0 Å². The zero-order chi connectivity index (χ0) is 10.7. The fraction of sp³-hybridized carbons (Fsp3) is 0.222. The van der Waals surface area contributed by atoms with Gasteiger partial charge in [-0.1, -0.05) is 0 Å². The molecule has 1 aromatic carbocycles. The van der Waals surface area contributed by atoms with Gasteiger partial charge in [0.1, 0.15) is 0 Å². The molecule has 0 amide bonds. The van der Waals surface area contributed by atoms with Gasteiger partial charge in [0.15, 0.2) is 11.6 Å². The van der Waals surface area contributed by atoms with E-state index in [-0.39, 0.29) is 11.1 Å². The largest absolute Gasteiger partial charge is 0.481 e. The van der Waals surface area contributed by atoms with Crippen LogP contribution in [0.3, 0.4) is 0 Å². The van der Waals surface area contributed by atoms with Gasteiger partial charge < -0.3 is 10.2 Å². The van der Waals surface area contributed by atoms with Crippen LogP contribution in [0, 0.1) is 11.6 Å². The Kier molecular flexibility index (Phi) is 3.14. The maximum atomic E-state index is 12.7. The molecule has 0 aliphatic heterocycles. The number of carboxylic acids is 1. The molecular weight excluding hydrogens is 194 g/mol. The lowest BCUT2D eigenvalue weighted by Crippen LogP contribution is -2.05. The second kappa shape index (κ2) is 4.15. The first-order valence-electron chi connectivity index (χ1n) is 3.84. The van der Waals surface area contributed by atoms with Crippen molar-refractivity contribution in [2.75, 3.05) is 0 Å². The third kappa shape index (κ3) is 2.26. The standard InChI is InChI=1S/C9H8F2O3/c10-7-1-5(3-9(13)14)6(4-12)2-8(7)11/h1-2,12H,3-4H2,(H,13,14). The molecule has 0 aliphatic rings. The highest BCUT2D eigenvalue weighted by molar-refractivity contribution is 5.70. The Labute approximate surface area is 78.6 Å². The van der Waals surface area contributed by atoms with Gasteiger partial charge >= 0.3 is 5.97 Å². The number of hydrogen-bond donors (Lipinski definition) is 2. The average molecular weight is 202 g/mol. The molecule has 0 spiro atoms. The number of hydrogen-bond acceptors (Lipinski definition) is 2. The molecule has 5 heteroatoms. The fourth-order valence-electron chi connectivity index (χ4n) is 1.10. The van der Waals surface area contributed by atoms with Crippen LogP contribution >= 0.6 is 0 Å². The van der Waals surface area contributed by atoms with Gasteiger partial charge in [-0.25, -0.2) is 8.78 Å². The third-order valence-electron chi connectivity index (χ3n) is 1.75. The highest BCUT2D eigenvalue weighted by Crippen LogP contribution is 2.15. The fourth-order valence-corrected chi connectivity index (χ4v) is 1.10. The smallest absolute Gasteiger partial charge is 0.307 e. The zero-order valence-electron chi connectivity index (χ0n) is 7.13. The summed E-state index contributed by atoms with van der Waals surface area (Å²) in [6.45, 7) is -0.514. The lowest BCUT2D eigenvalue weighted by molar-refractivity contribution is -0.136. The molecule has 2 N–H and O–H groups in total. The zero-order valence-corrected chi connectivity index (χ0v) is 7.13. The van der Waals surface area contributed by atoms with E-state index in [2.05, 4.69) is 0 Å². The van der Waals surface area contributed by atoms with Crippen LogP contribution < -0.4 is 0 Å². The summed E-state index contributed by atoms with van der Waals surface area (Å²) in [6.07, 6.45) is -0.437. The van der Waals surface area contributed by atoms with Gasteiger partial charge in [-0.3, -0.25) is 4.79 Å². The van der Waals surface area contributed by atoms with Crippen LogP contribution in [0.1, 0.15) is 11.1 Å². The van der Waals surface area contributed by atoms with Crippen LogP contribution in [0.4, 0.5) is 8.78 Å². The van der Waals surface area contributed by atoms with Gasteiger partial charge in [0.25, 0.3) is 0 Å². The van der Waals surface area contributed by atoms with Gasteiger partial charge in [0, 0.05) is 0 Å². The molecule has 1 aromatic rings. The summed E-state index contributed by atoms with van der Waals surface area (Å²) in [6, 6.07) is 1.59. The summed E-state index contributed by atoms with van der Waals surface area (Å²) in [7, 11) is 0. The van der Waals surface area contributed by atoms with Crippen LogP contribution in [0.5, 0.6) is 0 Å². The average Bonchev–Trinajstić information content (AvgIpc) is 2.10.